The second-order valence-corrected chi connectivity index (χ2v) is 3.94. The van der Waals surface area contributed by atoms with Crippen LogP contribution < -0.4 is 10.1 Å². The number of phenols is 1. The van der Waals surface area contributed by atoms with E-state index in [-0.39, 0.29) is 11.7 Å². The van der Waals surface area contributed by atoms with E-state index in [4.69, 9.17) is 16.3 Å². The van der Waals surface area contributed by atoms with Crippen molar-refractivity contribution in [1.82, 2.24) is 5.32 Å². The molecule has 0 aliphatic heterocycles. The first-order valence-corrected chi connectivity index (χ1v) is 5.89. The third-order valence-electron chi connectivity index (χ3n) is 2.31. The van der Waals surface area contributed by atoms with Crippen molar-refractivity contribution in [3.8, 4) is 11.5 Å². The monoisotopic (exact) mass is 257 g/mol. The van der Waals surface area contributed by atoms with Gasteiger partial charge in [0.2, 0.25) is 5.91 Å². The summed E-state index contributed by atoms with van der Waals surface area (Å²) < 4.78 is 4.97. The standard InChI is InChI=1S/C12H16ClNO3/c1-17-10-5-4-9(11(15)7-10)8-14-12(16)3-2-6-13/h4-5,7,15H,2-3,6,8H2,1H3,(H,14,16). The Kier molecular flexibility index (Phi) is 5.63. The Bertz CT molecular complexity index is 382. The fourth-order valence-electron chi connectivity index (χ4n) is 1.33. The van der Waals surface area contributed by atoms with E-state index in [2.05, 4.69) is 5.32 Å². The number of phenolic OH excluding ortho intramolecular Hbond substituents is 1. The van der Waals surface area contributed by atoms with Gasteiger partial charge in [-0.3, -0.25) is 4.79 Å². The predicted molar refractivity (Wildman–Crippen MR) is 66.5 cm³/mol. The summed E-state index contributed by atoms with van der Waals surface area (Å²) in [5, 5.41) is 12.4. The molecule has 0 aromatic heterocycles. The number of benzene rings is 1. The van der Waals surface area contributed by atoms with Gasteiger partial charge in [-0.1, -0.05) is 0 Å². The van der Waals surface area contributed by atoms with Crippen LogP contribution in [0.2, 0.25) is 0 Å². The molecule has 0 atom stereocenters. The summed E-state index contributed by atoms with van der Waals surface area (Å²) in [4.78, 5) is 11.3. The quantitative estimate of drug-likeness (QED) is 0.767. The molecule has 0 aliphatic rings. The third-order valence-corrected chi connectivity index (χ3v) is 2.57. The van der Waals surface area contributed by atoms with Crippen molar-refractivity contribution in [3.05, 3.63) is 23.8 Å². The molecule has 5 heteroatoms. The van der Waals surface area contributed by atoms with Gasteiger partial charge in [-0.2, -0.15) is 0 Å². The van der Waals surface area contributed by atoms with Crippen LogP contribution in [0.4, 0.5) is 0 Å². The number of amides is 1. The van der Waals surface area contributed by atoms with E-state index >= 15 is 0 Å². The number of hydrogen-bond acceptors (Lipinski definition) is 3. The molecule has 0 radical (unpaired) electrons. The summed E-state index contributed by atoms with van der Waals surface area (Å²) in [6.45, 7) is 0.303. The summed E-state index contributed by atoms with van der Waals surface area (Å²) in [7, 11) is 1.53. The van der Waals surface area contributed by atoms with Crippen LogP contribution in [-0.2, 0) is 11.3 Å². The number of nitrogens with one attached hydrogen (secondary N) is 1. The number of carbonyl (C=O) groups is 1. The van der Waals surface area contributed by atoms with Gasteiger partial charge in [-0.15, -0.1) is 11.6 Å². The van der Waals surface area contributed by atoms with Gasteiger partial charge < -0.3 is 15.2 Å². The number of methoxy groups -OCH3 is 1. The molecular weight excluding hydrogens is 242 g/mol. The van der Waals surface area contributed by atoms with Crippen LogP contribution in [0, 0.1) is 0 Å². The van der Waals surface area contributed by atoms with Crippen LogP contribution in [0.3, 0.4) is 0 Å². The van der Waals surface area contributed by atoms with E-state index in [0.29, 0.717) is 36.6 Å². The highest BCUT2D eigenvalue weighted by atomic mass is 35.5. The Morgan fingerprint density at radius 1 is 1.53 bits per heavy atom. The smallest absolute Gasteiger partial charge is 0.220 e. The molecule has 0 saturated carbocycles. The van der Waals surface area contributed by atoms with Gasteiger partial charge >= 0.3 is 0 Å². The van der Waals surface area contributed by atoms with Crippen LogP contribution in [0.1, 0.15) is 18.4 Å². The highest BCUT2D eigenvalue weighted by Crippen LogP contribution is 2.23. The molecule has 17 heavy (non-hydrogen) atoms. The molecule has 0 heterocycles. The zero-order chi connectivity index (χ0) is 12.7. The molecule has 94 valence electrons. The molecule has 0 unspecified atom stereocenters. The zero-order valence-corrected chi connectivity index (χ0v) is 10.5. The lowest BCUT2D eigenvalue weighted by atomic mass is 10.2. The lowest BCUT2D eigenvalue weighted by Gasteiger charge is -2.08. The Labute approximate surface area is 106 Å². The van der Waals surface area contributed by atoms with Gasteiger partial charge in [0.15, 0.2) is 0 Å². The van der Waals surface area contributed by atoms with E-state index in [9.17, 15) is 9.90 Å². The molecule has 0 bridgehead atoms. The van der Waals surface area contributed by atoms with Gasteiger partial charge in [0.25, 0.3) is 0 Å². The molecule has 2 N–H and O–H groups in total. The molecular formula is C12H16ClNO3. The molecule has 0 spiro atoms. The Morgan fingerprint density at radius 2 is 2.29 bits per heavy atom. The van der Waals surface area contributed by atoms with Crippen LogP contribution >= 0.6 is 11.6 Å². The summed E-state index contributed by atoms with van der Waals surface area (Å²) in [5.41, 5.74) is 0.657. The minimum Gasteiger partial charge on any atom is -0.507 e. The van der Waals surface area contributed by atoms with E-state index in [1.807, 2.05) is 0 Å². The van der Waals surface area contributed by atoms with E-state index < -0.39 is 0 Å². The molecule has 0 fully saturated rings. The van der Waals surface area contributed by atoms with E-state index in [0.717, 1.165) is 0 Å². The summed E-state index contributed by atoms with van der Waals surface area (Å²) in [6.07, 6.45) is 1.06. The van der Waals surface area contributed by atoms with Gasteiger partial charge in [0.05, 0.1) is 7.11 Å². The first-order valence-electron chi connectivity index (χ1n) is 5.36. The Hall–Kier alpha value is -1.42. The van der Waals surface area contributed by atoms with Crippen molar-refractivity contribution < 1.29 is 14.6 Å². The van der Waals surface area contributed by atoms with Gasteiger partial charge in [0, 0.05) is 30.5 Å². The fourth-order valence-corrected chi connectivity index (χ4v) is 1.46. The van der Waals surface area contributed by atoms with E-state index in [1.165, 1.54) is 13.2 Å². The number of carbonyl (C=O) groups excluding carboxylic acids is 1. The maximum Gasteiger partial charge on any atom is 0.220 e. The van der Waals surface area contributed by atoms with Crippen LogP contribution in [0.25, 0.3) is 0 Å². The molecule has 1 rings (SSSR count). The molecule has 1 aromatic rings. The lowest BCUT2D eigenvalue weighted by molar-refractivity contribution is -0.121. The third kappa shape index (κ3) is 4.53. The topological polar surface area (TPSA) is 58.6 Å². The molecule has 0 aliphatic carbocycles. The van der Waals surface area contributed by atoms with Crippen LogP contribution in [0.15, 0.2) is 18.2 Å². The van der Waals surface area contributed by atoms with Gasteiger partial charge in [-0.25, -0.2) is 0 Å². The maximum atomic E-state index is 11.3. The number of rotatable bonds is 6. The predicted octanol–water partition coefficient (Wildman–Crippen LogP) is 2.04. The molecule has 4 nitrogen and oxygen atoms in total. The average molecular weight is 258 g/mol. The van der Waals surface area contributed by atoms with Crippen molar-refractivity contribution in [2.24, 2.45) is 0 Å². The summed E-state index contributed by atoms with van der Waals surface area (Å²) in [5.74, 6) is 1.10. The zero-order valence-electron chi connectivity index (χ0n) is 9.70. The van der Waals surface area contributed by atoms with Crippen molar-refractivity contribution in [2.75, 3.05) is 13.0 Å². The average Bonchev–Trinajstić information content (AvgIpc) is 2.34. The Morgan fingerprint density at radius 3 is 2.88 bits per heavy atom. The Balaban J connectivity index is 2.49. The minimum atomic E-state index is -0.0686. The van der Waals surface area contributed by atoms with E-state index in [1.54, 1.807) is 12.1 Å². The number of alkyl halides is 1. The lowest BCUT2D eigenvalue weighted by Crippen LogP contribution is -2.22. The SMILES string of the molecule is COc1ccc(CNC(=O)CCCCl)c(O)c1. The van der Waals surface area contributed by atoms with Crippen molar-refractivity contribution in [1.29, 1.82) is 0 Å². The van der Waals surface area contributed by atoms with Crippen molar-refractivity contribution >= 4 is 17.5 Å². The first-order chi connectivity index (χ1) is 8.17. The second kappa shape index (κ2) is 7.01. The summed E-state index contributed by atoms with van der Waals surface area (Å²) in [6, 6.07) is 4.97. The minimum absolute atomic E-state index is 0.0686. The highest BCUT2D eigenvalue weighted by Gasteiger charge is 2.05. The number of aromatic hydroxyl groups is 1. The normalized spacial score (nSPS) is 10.0. The highest BCUT2D eigenvalue weighted by molar-refractivity contribution is 6.17. The molecule has 0 saturated heterocycles. The summed E-state index contributed by atoms with van der Waals surface area (Å²) >= 11 is 5.49. The van der Waals surface area contributed by atoms with Crippen molar-refractivity contribution in [2.45, 2.75) is 19.4 Å². The fraction of sp³-hybridized carbons (Fsp3) is 0.417. The first kappa shape index (κ1) is 13.6. The number of halogens is 1. The maximum absolute atomic E-state index is 11.3. The second-order valence-electron chi connectivity index (χ2n) is 3.56. The van der Waals surface area contributed by atoms with Gasteiger partial charge in [0.1, 0.15) is 11.5 Å². The van der Waals surface area contributed by atoms with Crippen molar-refractivity contribution in [3.63, 3.8) is 0 Å². The number of ether oxygens (including phenoxy) is 1. The largest absolute Gasteiger partial charge is 0.507 e. The van der Waals surface area contributed by atoms with Crippen LogP contribution in [0.5, 0.6) is 11.5 Å². The van der Waals surface area contributed by atoms with Gasteiger partial charge in [-0.05, 0) is 18.6 Å². The molecule has 1 amide bonds. The van der Waals surface area contributed by atoms with Crippen LogP contribution in [-0.4, -0.2) is 24.0 Å². The number of hydrogen-bond donors (Lipinski definition) is 2. The molecule has 1 aromatic carbocycles.